The maximum atomic E-state index is 12.3. The highest BCUT2D eigenvalue weighted by molar-refractivity contribution is 7.15. The van der Waals surface area contributed by atoms with Crippen LogP contribution in [-0.4, -0.2) is 22.6 Å². The summed E-state index contributed by atoms with van der Waals surface area (Å²) < 4.78 is 6.49. The van der Waals surface area contributed by atoms with E-state index in [4.69, 9.17) is 4.74 Å². The fourth-order valence-electron chi connectivity index (χ4n) is 1.96. The summed E-state index contributed by atoms with van der Waals surface area (Å²) in [6.07, 6.45) is 2.31. The minimum atomic E-state index is -0.367. The van der Waals surface area contributed by atoms with Crippen LogP contribution in [0.5, 0.6) is 5.75 Å². The van der Waals surface area contributed by atoms with Gasteiger partial charge in [0.25, 0.3) is 5.91 Å². The molecule has 2 aromatic rings. The van der Waals surface area contributed by atoms with Gasteiger partial charge < -0.3 is 9.30 Å². The molecule has 0 saturated carbocycles. The van der Waals surface area contributed by atoms with Gasteiger partial charge in [-0.25, -0.2) is 4.98 Å². The van der Waals surface area contributed by atoms with Gasteiger partial charge in [-0.2, -0.15) is 0 Å². The highest BCUT2D eigenvalue weighted by atomic mass is 32.1. The first-order chi connectivity index (χ1) is 9.96. The number of aryl methyl sites for hydroxylation is 3. The first-order valence-electron chi connectivity index (χ1n) is 6.48. The van der Waals surface area contributed by atoms with Gasteiger partial charge in [-0.3, -0.25) is 14.9 Å². The molecular formula is C14H17N3O3S. The molecule has 112 valence electrons. The fourth-order valence-corrected chi connectivity index (χ4v) is 2.85. The molecule has 21 heavy (non-hydrogen) atoms. The molecule has 0 aliphatic rings. The van der Waals surface area contributed by atoms with Gasteiger partial charge in [0.2, 0.25) is 5.43 Å². The van der Waals surface area contributed by atoms with E-state index in [1.54, 1.807) is 11.6 Å². The van der Waals surface area contributed by atoms with Crippen molar-refractivity contribution in [3.8, 4) is 5.75 Å². The zero-order chi connectivity index (χ0) is 15.6. The number of thiazole rings is 1. The number of nitrogens with zero attached hydrogens (tertiary/aromatic N) is 2. The Balaban J connectivity index is 2.28. The van der Waals surface area contributed by atoms with Crippen molar-refractivity contribution >= 4 is 22.4 Å². The number of aromatic nitrogens is 2. The molecule has 0 atom stereocenters. The molecule has 0 saturated heterocycles. The molecule has 0 aliphatic carbocycles. The van der Waals surface area contributed by atoms with Gasteiger partial charge in [-0.15, -0.1) is 11.3 Å². The van der Waals surface area contributed by atoms with Crippen LogP contribution in [0.3, 0.4) is 0 Å². The van der Waals surface area contributed by atoms with E-state index in [9.17, 15) is 9.59 Å². The Morgan fingerprint density at radius 3 is 2.81 bits per heavy atom. The number of amides is 1. The van der Waals surface area contributed by atoms with E-state index in [-0.39, 0.29) is 22.8 Å². The molecular weight excluding hydrogens is 290 g/mol. The number of ether oxygens (including phenoxy) is 1. The standard InChI is InChI=1S/C14H17N3O3S/c1-5-9-8(2)21-14(15-9)16-13(19)10-6-11(18)12(20-4)7-17(10)3/h6-7H,5H2,1-4H3,(H,15,16,19). The number of nitrogens with one attached hydrogen (secondary N) is 1. The minimum absolute atomic E-state index is 0.201. The lowest BCUT2D eigenvalue weighted by Gasteiger charge is -2.09. The highest BCUT2D eigenvalue weighted by Gasteiger charge is 2.15. The summed E-state index contributed by atoms with van der Waals surface area (Å²) in [6, 6.07) is 1.26. The van der Waals surface area contributed by atoms with Crippen molar-refractivity contribution in [2.45, 2.75) is 20.3 Å². The number of methoxy groups -OCH3 is 1. The summed E-state index contributed by atoms with van der Waals surface area (Å²) >= 11 is 1.42. The summed E-state index contributed by atoms with van der Waals surface area (Å²) in [5, 5.41) is 3.27. The zero-order valence-electron chi connectivity index (χ0n) is 12.4. The van der Waals surface area contributed by atoms with Gasteiger partial charge in [0, 0.05) is 18.0 Å². The second-order valence-corrected chi connectivity index (χ2v) is 5.73. The van der Waals surface area contributed by atoms with Crippen LogP contribution in [0.4, 0.5) is 5.13 Å². The van der Waals surface area contributed by atoms with E-state index >= 15 is 0 Å². The van der Waals surface area contributed by atoms with Crippen molar-refractivity contribution in [3.63, 3.8) is 0 Å². The molecule has 1 N–H and O–H groups in total. The molecule has 0 radical (unpaired) electrons. The summed E-state index contributed by atoms with van der Waals surface area (Å²) in [5.74, 6) is -0.166. The molecule has 0 fully saturated rings. The Morgan fingerprint density at radius 2 is 2.24 bits per heavy atom. The maximum absolute atomic E-state index is 12.3. The first kappa shape index (κ1) is 15.2. The van der Waals surface area contributed by atoms with Crippen molar-refractivity contribution < 1.29 is 9.53 Å². The first-order valence-corrected chi connectivity index (χ1v) is 7.30. The zero-order valence-corrected chi connectivity index (χ0v) is 13.2. The lowest BCUT2D eigenvalue weighted by molar-refractivity contribution is 0.101. The van der Waals surface area contributed by atoms with Gasteiger partial charge in [0.15, 0.2) is 10.9 Å². The Bertz CT molecular complexity index is 734. The lowest BCUT2D eigenvalue weighted by Crippen LogP contribution is -2.21. The molecule has 1 amide bonds. The highest BCUT2D eigenvalue weighted by Crippen LogP contribution is 2.22. The van der Waals surface area contributed by atoms with Gasteiger partial charge in [-0.05, 0) is 13.3 Å². The largest absolute Gasteiger partial charge is 0.491 e. The SMILES string of the molecule is CCc1nc(NC(=O)c2cc(=O)c(OC)cn2C)sc1C. The van der Waals surface area contributed by atoms with Crippen LogP contribution in [0, 0.1) is 6.92 Å². The van der Waals surface area contributed by atoms with E-state index in [2.05, 4.69) is 10.3 Å². The number of carbonyl (C=O) groups excluding carboxylic acids is 1. The van der Waals surface area contributed by atoms with E-state index < -0.39 is 0 Å². The Labute approximate surface area is 126 Å². The molecule has 7 heteroatoms. The Kier molecular flexibility index (Phi) is 4.42. The predicted octanol–water partition coefficient (Wildman–Crippen LogP) is 1.97. The van der Waals surface area contributed by atoms with Crippen LogP contribution in [0.2, 0.25) is 0 Å². The summed E-state index contributed by atoms with van der Waals surface area (Å²) in [6.45, 7) is 3.98. The van der Waals surface area contributed by atoms with Crippen LogP contribution in [0.1, 0.15) is 28.0 Å². The van der Waals surface area contributed by atoms with Crippen LogP contribution in [0.25, 0.3) is 0 Å². The fraction of sp³-hybridized carbons (Fsp3) is 0.357. The molecule has 2 heterocycles. The number of pyridine rings is 1. The number of hydrogen-bond donors (Lipinski definition) is 1. The van der Waals surface area contributed by atoms with Gasteiger partial charge in [0.1, 0.15) is 5.69 Å². The quantitative estimate of drug-likeness (QED) is 0.937. The Hall–Kier alpha value is -2.15. The number of rotatable bonds is 4. The van der Waals surface area contributed by atoms with Crippen LogP contribution in [-0.2, 0) is 13.5 Å². The van der Waals surface area contributed by atoms with Gasteiger partial charge >= 0.3 is 0 Å². The summed E-state index contributed by atoms with van der Waals surface area (Å²) in [4.78, 5) is 29.4. The monoisotopic (exact) mass is 307 g/mol. The third-order valence-corrected chi connectivity index (χ3v) is 4.03. The molecule has 0 aliphatic heterocycles. The molecule has 0 spiro atoms. The number of hydrogen-bond acceptors (Lipinski definition) is 5. The predicted molar refractivity (Wildman–Crippen MR) is 82.4 cm³/mol. The van der Waals surface area contributed by atoms with Crippen molar-refractivity contribution in [1.29, 1.82) is 0 Å². The second-order valence-electron chi connectivity index (χ2n) is 4.53. The summed E-state index contributed by atoms with van der Waals surface area (Å²) in [5.41, 5.74) is 0.899. The lowest BCUT2D eigenvalue weighted by atomic mass is 10.3. The van der Waals surface area contributed by atoms with Crippen LogP contribution < -0.4 is 15.5 Å². The average molecular weight is 307 g/mol. The summed E-state index contributed by atoms with van der Waals surface area (Å²) in [7, 11) is 3.10. The van der Waals surface area contributed by atoms with Crippen molar-refractivity contribution in [2.75, 3.05) is 12.4 Å². The average Bonchev–Trinajstić information content (AvgIpc) is 2.80. The third-order valence-electron chi connectivity index (χ3n) is 3.10. The van der Waals surface area contributed by atoms with Crippen LogP contribution >= 0.6 is 11.3 Å². The minimum Gasteiger partial charge on any atom is -0.491 e. The van der Waals surface area contributed by atoms with Crippen molar-refractivity contribution in [1.82, 2.24) is 9.55 Å². The molecule has 0 aromatic carbocycles. The molecule has 2 aromatic heterocycles. The maximum Gasteiger partial charge on any atom is 0.274 e. The molecule has 2 rings (SSSR count). The Morgan fingerprint density at radius 1 is 1.52 bits per heavy atom. The number of anilines is 1. The third kappa shape index (κ3) is 3.13. The van der Waals surface area contributed by atoms with Crippen molar-refractivity contribution in [2.24, 2.45) is 7.05 Å². The molecule has 0 bridgehead atoms. The topological polar surface area (TPSA) is 73.2 Å². The van der Waals surface area contributed by atoms with E-state index in [0.717, 1.165) is 17.0 Å². The van der Waals surface area contributed by atoms with Gasteiger partial charge in [-0.1, -0.05) is 6.92 Å². The van der Waals surface area contributed by atoms with E-state index in [0.29, 0.717) is 5.13 Å². The van der Waals surface area contributed by atoms with Gasteiger partial charge in [0.05, 0.1) is 19.0 Å². The van der Waals surface area contributed by atoms with Crippen molar-refractivity contribution in [3.05, 3.63) is 38.8 Å². The normalized spacial score (nSPS) is 10.5. The van der Waals surface area contributed by atoms with Crippen LogP contribution in [0.15, 0.2) is 17.1 Å². The second kappa shape index (κ2) is 6.09. The number of carbonyl (C=O) groups is 1. The smallest absolute Gasteiger partial charge is 0.274 e. The molecule has 0 unspecified atom stereocenters. The van der Waals surface area contributed by atoms with E-state index in [1.807, 2.05) is 13.8 Å². The molecule has 6 nitrogen and oxygen atoms in total. The van der Waals surface area contributed by atoms with E-state index in [1.165, 1.54) is 30.7 Å².